The molecule has 1 aliphatic rings. The Labute approximate surface area is 127 Å². The van der Waals surface area contributed by atoms with Crippen LogP contribution >= 0.6 is 15.9 Å². The molecule has 1 aromatic rings. The standard InChI is InChI=1S/C15H16BrN3O/c1-10(18-9-17)19(4)13-8-15(2,3)20-14-6-5-11(16)7-12(13)14/h5-8H,1-4H3. The molecule has 2 rings (SSSR count). The van der Waals surface area contributed by atoms with Crippen LogP contribution < -0.4 is 4.74 Å². The van der Waals surface area contributed by atoms with E-state index in [1.54, 1.807) is 0 Å². The third kappa shape index (κ3) is 2.86. The molecule has 0 atom stereocenters. The summed E-state index contributed by atoms with van der Waals surface area (Å²) in [5, 5.41) is 8.71. The van der Waals surface area contributed by atoms with Gasteiger partial charge in [-0.25, -0.2) is 0 Å². The first-order chi connectivity index (χ1) is 9.34. The van der Waals surface area contributed by atoms with Crippen molar-refractivity contribution >= 4 is 27.5 Å². The van der Waals surface area contributed by atoms with Crippen molar-refractivity contribution < 1.29 is 4.74 Å². The van der Waals surface area contributed by atoms with Crippen LogP contribution in [0, 0.1) is 11.5 Å². The van der Waals surface area contributed by atoms with Crippen LogP contribution in [0.3, 0.4) is 0 Å². The molecule has 0 saturated carbocycles. The molecule has 1 aliphatic heterocycles. The number of ether oxygens (including phenoxy) is 1. The summed E-state index contributed by atoms with van der Waals surface area (Å²) in [7, 11) is 1.90. The summed E-state index contributed by atoms with van der Waals surface area (Å²) in [5.74, 6) is 1.47. The van der Waals surface area contributed by atoms with Gasteiger partial charge in [0.25, 0.3) is 0 Å². The summed E-state index contributed by atoms with van der Waals surface area (Å²) in [5.41, 5.74) is 1.56. The fraction of sp³-hybridized carbons (Fsp3) is 0.333. The van der Waals surface area contributed by atoms with E-state index in [1.807, 2.05) is 63.2 Å². The number of aliphatic imine (C=N–C) groups is 1. The molecule has 0 radical (unpaired) electrons. The van der Waals surface area contributed by atoms with Crippen molar-refractivity contribution in [3.05, 3.63) is 34.3 Å². The highest BCUT2D eigenvalue weighted by Gasteiger charge is 2.28. The topological polar surface area (TPSA) is 48.6 Å². The van der Waals surface area contributed by atoms with Crippen molar-refractivity contribution in [1.82, 2.24) is 4.90 Å². The normalized spacial score (nSPS) is 16.6. The minimum absolute atomic E-state index is 0.405. The minimum atomic E-state index is -0.405. The third-order valence-corrected chi connectivity index (χ3v) is 3.63. The van der Waals surface area contributed by atoms with E-state index in [2.05, 4.69) is 20.9 Å². The van der Waals surface area contributed by atoms with Gasteiger partial charge in [0.05, 0.1) is 5.70 Å². The Hall–Kier alpha value is -1.80. The maximum absolute atomic E-state index is 8.71. The average Bonchev–Trinajstić information content (AvgIpc) is 2.37. The van der Waals surface area contributed by atoms with Crippen LogP contribution in [0.2, 0.25) is 0 Å². The lowest BCUT2D eigenvalue weighted by Gasteiger charge is -2.34. The van der Waals surface area contributed by atoms with Gasteiger partial charge in [0, 0.05) is 17.1 Å². The second kappa shape index (κ2) is 5.29. The summed E-state index contributed by atoms with van der Waals surface area (Å²) < 4.78 is 6.95. The number of rotatable bonds is 1. The SMILES string of the molecule is CC(=NC#N)N(C)C1=CC(C)(C)Oc2ccc(Br)cc21. The molecule has 0 aromatic heterocycles. The zero-order valence-electron chi connectivity index (χ0n) is 11.9. The number of halogens is 1. The van der Waals surface area contributed by atoms with Gasteiger partial charge in [0.2, 0.25) is 6.19 Å². The smallest absolute Gasteiger partial charge is 0.207 e. The average molecular weight is 334 g/mol. The number of hydrogen-bond donors (Lipinski definition) is 0. The molecule has 0 spiro atoms. The predicted octanol–water partition coefficient (Wildman–Crippen LogP) is 3.79. The second-order valence-electron chi connectivity index (χ2n) is 5.19. The molecular weight excluding hydrogens is 318 g/mol. The van der Waals surface area contributed by atoms with Gasteiger partial charge in [-0.15, -0.1) is 0 Å². The van der Waals surface area contributed by atoms with Gasteiger partial charge in [-0.2, -0.15) is 10.3 Å². The highest BCUT2D eigenvalue weighted by Crippen LogP contribution is 2.38. The predicted molar refractivity (Wildman–Crippen MR) is 83.3 cm³/mol. The van der Waals surface area contributed by atoms with E-state index >= 15 is 0 Å². The van der Waals surface area contributed by atoms with Crippen LogP contribution in [0.5, 0.6) is 5.75 Å². The van der Waals surface area contributed by atoms with Crippen LogP contribution in [0.15, 0.2) is 33.7 Å². The van der Waals surface area contributed by atoms with E-state index < -0.39 is 5.60 Å². The Morgan fingerprint density at radius 2 is 2.15 bits per heavy atom. The van der Waals surface area contributed by atoms with Crippen molar-refractivity contribution in [3.63, 3.8) is 0 Å². The van der Waals surface area contributed by atoms with E-state index in [0.717, 1.165) is 21.5 Å². The number of hydrogen-bond acceptors (Lipinski definition) is 3. The lowest BCUT2D eigenvalue weighted by molar-refractivity contribution is 0.156. The quantitative estimate of drug-likeness (QED) is 0.446. The van der Waals surface area contributed by atoms with Crippen molar-refractivity contribution in [2.24, 2.45) is 4.99 Å². The number of nitriles is 1. The fourth-order valence-corrected chi connectivity index (χ4v) is 2.47. The summed E-state index contributed by atoms with van der Waals surface area (Å²) in [6.07, 6.45) is 3.86. The maximum Gasteiger partial charge on any atom is 0.207 e. The van der Waals surface area contributed by atoms with Crippen LogP contribution in [0.25, 0.3) is 5.70 Å². The van der Waals surface area contributed by atoms with Gasteiger partial charge in [-0.05, 0) is 45.0 Å². The summed E-state index contributed by atoms with van der Waals surface area (Å²) in [6.45, 7) is 5.81. The molecule has 0 unspecified atom stereocenters. The number of benzene rings is 1. The molecule has 5 heteroatoms. The largest absolute Gasteiger partial charge is 0.483 e. The number of amidine groups is 1. The Morgan fingerprint density at radius 3 is 2.80 bits per heavy atom. The molecule has 0 bridgehead atoms. The first-order valence-electron chi connectivity index (χ1n) is 6.23. The number of fused-ring (bicyclic) bond motifs is 1. The molecular formula is C15H16BrN3O. The lowest BCUT2D eigenvalue weighted by Crippen LogP contribution is -2.33. The summed E-state index contributed by atoms with van der Waals surface area (Å²) >= 11 is 3.48. The van der Waals surface area contributed by atoms with Gasteiger partial charge in [0.15, 0.2) is 0 Å². The Balaban J connectivity index is 2.56. The highest BCUT2D eigenvalue weighted by molar-refractivity contribution is 9.10. The first kappa shape index (κ1) is 14.6. The Morgan fingerprint density at radius 1 is 1.45 bits per heavy atom. The Bertz CT molecular complexity index is 641. The first-order valence-corrected chi connectivity index (χ1v) is 7.02. The minimum Gasteiger partial charge on any atom is -0.483 e. The van der Waals surface area contributed by atoms with Gasteiger partial charge >= 0.3 is 0 Å². The van der Waals surface area contributed by atoms with Crippen LogP contribution in [-0.2, 0) is 0 Å². The van der Waals surface area contributed by atoms with Crippen LogP contribution in [0.1, 0.15) is 26.3 Å². The molecule has 4 nitrogen and oxygen atoms in total. The Kier molecular flexibility index (Phi) is 3.87. The fourth-order valence-electron chi connectivity index (χ4n) is 2.11. The van der Waals surface area contributed by atoms with E-state index in [0.29, 0.717) is 5.84 Å². The van der Waals surface area contributed by atoms with Gasteiger partial charge in [-0.3, -0.25) is 0 Å². The van der Waals surface area contributed by atoms with E-state index in [1.165, 1.54) is 0 Å². The van der Waals surface area contributed by atoms with E-state index in [4.69, 9.17) is 10.00 Å². The zero-order valence-corrected chi connectivity index (χ0v) is 13.5. The van der Waals surface area contributed by atoms with Crippen LogP contribution in [0.4, 0.5) is 0 Å². The van der Waals surface area contributed by atoms with Crippen molar-refractivity contribution in [2.45, 2.75) is 26.4 Å². The van der Waals surface area contributed by atoms with Gasteiger partial charge in [0.1, 0.15) is 17.2 Å². The zero-order chi connectivity index (χ0) is 14.9. The highest BCUT2D eigenvalue weighted by atomic mass is 79.9. The van der Waals surface area contributed by atoms with Gasteiger partial charge < -0.3 is 9.64 Å². The van der Waals surface area contributed by atoms with E-state index in [9.17, 15) is 0 Å². The van der Waals surface area contributed by atoms with Crippen molar-refractivity contribution in [3.8, 4) is 11.9 Å². The molecule has 104 valence electrons. The monoisotopic (exact) mass is 333 g/mol. The third-order valence-electron chi connectivity index (χ3n) is 3.13. The number of nitrogens with zero attached hydrogens (tertiary/aromatic N) is 3. The lowest BCUT2D eigenvalue weighted by atomic mass is 9.98. The van der Waals surface area contributed by atoms with Crippen LogP contribution in [-0.4, -0.2) is 23.4 Å². The molecule has 20 heavy (non-hydrogen) atoms. The molecule has 0 fully saturated rings. The molecule has 0 aliphatic carbocycles. The van der Waals surface area contributed by atoms with Gasteiger partial charge in [-0.1, -0.05) is 15.9 Å². The maximum atomic E-state index is 8.71. The summed E-state index contributed by atoms with van der Waals surface area (Å²) in [4.78, 5) is 5.70. The molecule has 1 heterocycles. The van der Waals surface area contributed by atoms with E-state index in [-0.39, 0.29) is 0 Å². The molecule has 1 aromatic carbocycles. The van der Waals surface area contributed by atoms with Crippen molar-refractivity contribution in [1.29, 1.82) is 5.26 Å². The summed E-state index contributed by atoms with van der Waals surface area (Å²) in [6, 6.07) is 5.90. The second-order valence-corrected chi connectivity index (χ2v) is 6.11. The molecule has 0 N–H and O–H groups in total. The van der Waals surface area contributed by atoms with Crippen molar-refractivity contribution in [2.75, 3.05) is 7.05 Å². The molecule has 0 amide bonds. The molecule has 0 saturated heterocycles.